The molecule has 5 nitrogen and oxygen atoms in total. The van der Waals surface area contributed by atoms with Crippen LogP contribution >= 0.6 is 23.8 Å². The lowest BCUT2D eigenvalue weighted by Crippen LogP contribution is -2.49. The first-order valence-corrected chi connectivity index (χ1v) is 9.72. The van der Waals surface area contributed by atoms with Gasteiger partial charge in [0, 0.05) is 61.6 Å². The van der Waals surface area contributed by atoms with Crippen molar-refractivity contribution in [2.75, 3.05) is 45.7 Å². The van der Waals surface area contributed by atoms with Gasteiger partial charge in [0.1, 0.15) is 17.3 Å². The Labute approximate surface area is 175 Å². The minimum absolute atomic E-state index is 0.316. The normalized spacial score (nSPS) is 14.6. The van der Waals surface area contributed by atoms with Crippen LogP contribution in [0.15, 0.2) is 36.4 Å². The summed E-state index contributed by atoms with van der Waals surface area (Å²) in [4.78, 5) is 4.41. The third kappa shape index (κ3) is 5.25. The van der Waals surface area contributed by atoms with Crippen molar-refractivity contribution >= 4 is 34.6 Å². The Morgan fingerprint density at radius 3 is 2.29 bits per heavy atom. The molecule has 1 N–H and O–H groups in total. The second-order valence-electron chi connectivity index (χ2n) is 6.53. The highest BCUT2D eigenvalue weighted by Gasteiger charge is 2.20. The summed E-state index contributed by atoms with van der Waals surface area (Å²) < 4.78 is 23.8. The second kappa shape index (κ2) is 9.41. The summed E-state index contributed by atoms with van der Waals surface area (Å²) in [6.45, 7) is 3.98. The van der Waals surface area contributed by atoms with Gasteiger partial charge in [0.25, 0.3) is 0 Å². The summed E-state index contributed by atoms with van der Waals surface area (Å²) in [7, 11) is 3.23. The zero-order valence-corrected chi connectivity index (χ0v) is 17.4. The number of nitrogens with one attached hydrogen (secondary N) is 1. The zero-order chi connectivity index (χ0) is 20.1. The van der Waals surface area contributed by atoms with Crippen LogP contribution in [0.2, 0.25) is 5.02 Å². The molecule has 2 aromatic rings. The summed E-state index contributed by atoms with van der Waals surface area (Å²) >= 11 is 11.7. The Bertz CT molecular complexity index is 822. The molecule has 1 heterocycles. The highest BCUT2D eigenvalue weighted by molar-refractivity contribution is 7.80. The highest BCUT2D eigenvalue weighted by atomic mass is 35.5. The molecule has 0 atom stereocenters. The molecule has 0 unspecified atom stereocenters. The Kier molecular flexibility index (Phi) is 6.93. The molecular weight excluding hydrogens is 401 g/mol. The number of ether oxygens (including phenoxy) is 2. The number of thiocarbonyl (C=S) groups is 1. The maximum absolute atomic E-state index is 13.2. The summed E-state index contributed by atoms with van der Waals surface area (Å²) in [5.41, 5.74) is 1.75. The molecule has 1 aliphatic rings. The third-order valence-corrected chi connectivity index (χ3v) is 5.38. The average molecular weight is 424 g/mol. The standard InChI is InChI=1S/C20H23ClFN3O2S/c1-26-17-10-16(11-18(12-17)27-2)23-20(28)25-7-5-24(6-8-25)13-14-3-4-15(22)9-19(14)21/h3-4,9-12H,5-8,13H2,1-2H3,(H,23,28). The number of anilines is 1. The molecule has 2 aromatic carbocycles. The van der Waals surface area contributed by atoms with E-state index in [0.717, 1.165) is 37.4 Å². The number of halogens is 2. The number of nitrogens with zero attached hydrogens (tertiary/aromatic N) is 2. The number of hydrogen-bond acceptors (Lipinski definition) is 4. The van der Waals surface area contributed by atoms with Crippen molar-refractivity contribution in [3.05, 3.63) is 52.8 Å². The largest absolute Gasteiger partial charge is 0.497 e. The van der Waals surface area contributed by atoms with Crippen molar-refractivity contribution in [1.82, 2.24) is 9.80 Å². The van der Waals surface area contributed by atoms with Crippen molar-refractivity contribution in [2.45, 2.75) is 6.54 Å². The third-order valence-electron chi connectivity index (χ3n) is 4.67. The molecule has 28 heavy (non-hydrogen) atoms. The van der Waals surface area contributed by atoms with Gasteiger partial charge in [0.2, 0.25) is 0 Å². The predicted octanol–water partition coefficient (Wildman–Crippen LogP) is 4.01. The Morgan fingerprint density at radius 1 is 1.07 bits per heavy atom. The van der Waals surface area contributed by atoms with Crippen molar-refractivity contribution in [3.63, 3.8) is 0 Å². The second-order valence-corrected chi connectivity index (χ2v) is 7.32. The topological polar surface area (TPSA) is 37.0 Å². The van der Waals surface area contributed by atoms with Gasteiger partial charge in [-0.2, -0.15) is 0 Å². The van der Waals surface area contributed by atoms with E-state index in [1.807, 2.05) is 18.2 Å². The molecule has 0 aromatic heterocycles. The van der Waals surface area contributed by atoms with E-state index in [4.69, 9.17) is 33.3 Å². The van der Waals surface area contributed by atoms with Crippen molar-refractivity contribution < 1.29 is 13.9 Å². The molecule has 0 spiro atoms. The molecule has 1 aliphatic heterocycles. The molecular formula is C20H23ClFN3O2S. The predicted molar refractivity (Wildman–Crippen MR) is 114 cm³/mol. The van der Waals surface area contributed by atoms with Crippen LogP contribution in [-0.2, 0) is 6.54 Å². The lowest BCUT2D eigenvalue weighted by molar-refractivity contribution is 0.177. The van der Waals surface area contributed by atoms with Crippen molar-refractivity contribution in [1.29, 1.82) is 0 Å². The van der Waals surface area contributed by atoms with Crippen LogP contribution in [-0.4, -0.2) is 55.3 Å². The Morgan fingerprint density at radius 2 is 1.71 bits per heavy atom. The van der Waals surface area contributed by atoms with Crippen LogP contribution in [0.25, 0.3) is 0 Å². The molecule has 0 saturated carbocycles. The lowest BCUT2D eigenvalue weighted by Gasteiger charge is -2.36. The van der Waals surface area contributed by atoms with E-state index in [-0.39, 0.29) is 5.82 Å². The fourth-order valence-corrected chi connectivity index (χ4v) is 3.61. The van der Waals surface area contributed by atoms with Gasteiger partial charge >= 0.3 is 0 Å². The molecule has 1 fully saturated rings. The number of rotatable bonds is 5. The summed E-state index contributed by atoms with van der Waals surface area (Å²) in [6, 6.07) is 10.1. The summed E-state index contributed by atoms with van der Waals surface area (Å²) in [5, 5.41) is 4.38. The molecule has 3 rings (SSSR count). The summed E-state index contributed by atoms with van der Waals surface area (Å²) in [5.74, 6) is 1.08. The van der Waals surface area contributed by atoms with E-state index < -0.39 is 0 Å². The van der Waals surface area contributed by atoms with E-state index >= 15 is 0 Å². The quantitative estimate of drug-likeness (QED) is 0.732. The first-order valence-electron chi connectivity index (χ1n) is 8.94. The zero-order valence-electron chi connectivity index (χ0n) is 15.9. The first kappa shape index (κ1) is 20.6. The van der Waals surface area contributed by atoms with Crippen LogP contribution in [0.4, 0.5) is 10.1 Å². The fourth-order valence-electron chi connectivity index (χ4n) is 3.08. The lowest BCUT2D eigenvalue weighted by atomic mass is 10.2. The number of methoxy groups -OCH3 is 2. The van der Waals surface area contributed by atoms with Crippen molar-refractivity contribution in [3.8, 4) is 11.5 Å². The molecule has 1 saturated heterocycles. The number of benzene rings is 2. The van der Waals surface area contributed by atoms with E-state index in [1.54, 1.807) is 20.3 Å². The van der Waals surface area contributed by atoms with Crippen LogP contribution in [0.3, 0.4) is 0 Å². The van der Waals surface area contributed by atoms with Gasteiger partial charge in [-0.15, -0.1) is 0 Å². The molecule has 0 bridgehead atoms. The van der Waals surface area contributed by atoms with Crippen LogP contribution in [0.1, 0.15) is 5.56 Å². The van der Waals surface area contributed by atoms with Gasteiger partial charge in [0.05, 0.1) is 14.2 Å². The smallest absolute Gasteiger partial charge is 0.173 e. The van der Waals surface area contributed by atoms with Gasteiger partial charge in [0.15, 0.2) is 5.11 Å². The molecule has 0 aliphatic carbocycles. The average Bonchev–Trinajstić information content (AvgIpc) is 2.70. The van der Waals surface area contributed by atoms with Gasteiger partial charge < -0.3 is 19.7 Å². The molecule has 0 radical (unpaired) electrons. The van der Waals surface area contributed by atoms with E-state index in [9.17, 15) is 4.39 Å². The Balaban J connectivity index is 1.55. The Hall–Kier alpha value is -2.09. The van der Waals surface area contributed by atoms with E-state index in [1.165, 1.54) is 12.1 Å². The highest BCUT2D eigenvalue weighted by Crippen LogP contribution is 2.26. The maximum atomic E-state index is 13.2. The molecule has 0 amide bonds. The van der Waals surface area contributed by atoms with Crippen LogP contribution in [0, 0.1) is 5.82 Å². The fraction of sp³-hybridized carbons (Fsp3) is 0.350. The number of piperazine rings is 1. The minimum Gasteiger partial charge on any atom is -0.497 e. The van der Waals surface area contributed by atoms with Gasteiger partial charge in [-0.1, -0.05) is 17.7 Å². The van der Waals surface area contributed by atoms with Crippen LogP contribution in [0.5, 0.6) is 11.5 Å². The first-order chi connectivity index (χ1) is 13.5. The van der Waals surface area contributed by atoms with E-state index in [2.05, 4.69) is 15.1 Å². The van der Waals surface area contributed by atoms with Crippen LogP contribution < -0.4 is 14.8 Å². The minimum atomic E-state index is -0.316. The van der Waals surface area contributed by atoms with Crippen molar-refractivity contribution in [2.24, 2.45) is 0 Å². The molecule has 8 heteroatoms. The monoisotopic (exact) mass is 423 g/mol. The van der Waals surface area contributed by atoms with Gasteiger partial charge in [-0.25, -0.2) is 4.39 Å². The van der Waals surface area contributed by atoms with Gasteiger partial charge in [-0.3, -0.25) is 4.90 Å². The summed E-state index contributed by atoms with van der Waals surface area (Å²) in [6.07, 6.45) is 0. The maximum Gasteiger partial charge on any atom is 0.173 e. The van der Waals surface area contributed by atoms with Gasteiger partial charge in [-0.05, 0) is 29.9 Å². The molecule has 150 valence electrons. The SMILES string of the molecule is COc1cc(NC(=S)N2CCN(Cc3ccc(F)cc3Cl)CC2)cc(OC)c1. The number of hydrogen-bond donors (Lipinski definition) is 1. The van der Waals surface area contributed by atoms with E-state index in [0.29, 0.717) is 28.2 Å².